The van der Waals surface area contributed by atoms with Crippen LogP contribution in [0.15, 0.2) is 36.5 Å². The molecule has 0 aromatic heterocycles. The number of hydrogen-bond donors (Lipinski definition) is 9. The summed E-state index contributed by atoms with van der Waals surface area (Å²) in [6, 6.07) is -1.24. The number of unbranched alkanes of at least 4 members (excludes halogenated alkanes) is 9. The fourth-order valence-electron chi connectivity index (χ4n) is 5.04. The Hall–Kier alpha value is -1.48. The molecule has 0 radical (unpaired) electrons. The molecular weight excluding hydrogens is 633 g/mol. The van der Waals surface area contributed by atoms with Crippen molar-refractivity contribution < 1.29 is 59.0 Å². The van der Waals surface area contributed by atoms with E-state index in [0.29, 0.717) is 12.8 Å². The largest absolute Gasteiger partial charge is 0.472 e. The highest BCUT2D eigenvalue weighted by Crippen LogP contribution is 2.47. The molecule has 0 aromatic carbocycles. The Morgan fingerprint density at radius 1 is 0.766 bits per heavy atom. The molecule has 1 aliphatic rings. The van der Waals surface area contributed by atoms with Crippen molar-refractivity contribution in [2.45, 2.75) is 159 Å². The van der Waals surface area contributed by atoms with Crippen LogP contribution in [0.3, 0.4) is 0 Å². The number of rotatable bonds is 25. The van der Waals surface area contributed by atoms with Crippen LogP contribution in [0.5, 0.6) is 0 Å². The Bertz CT molecular complexity index is 963. The molecule has 0 aliphatic heterocycles. The molecule has 14 heteroatoms. The summed E-state index contributed by atoms with van der Waals surface area (Å²) < 4.78 is 22.4. The average molecular weight is 694 g/mol. The molecule has 0 aromatic rings. The second kappa shape index (κ2) is 24.6. The smallest absolute Gasteiger partial charge is 0.393 e. The minimum atomic E-state index is -5.11. The lowest BCUT2D eigenvalue weighted by molar-refractivity contribution is -0.220. The van der Waals surface area contributed by atoms with Crippen LogP contribution in [0.1, 0.15) is 104 Å². The SMILES string of the molecule is CCCC/C=C/C(O)C(COP(=O)(O)OC1C(O)C(O)C(O)C(O)C1O)NC(=O)CC(O)CCCCCC/C=C\C=C/CCCCC. The first-order chi connectivity index (χ1) is 22.3. The highest BCUT2D eigenvalue weighted by atomic mass is 31.2. The van der Waals surface area contributed by atoms with E-state index in [9.17, 15) is 50.0 Å². The number of hydrogen-bond acceptors (Lipinski definition) is 11. The van der Waals surface area contributed by atoms with Crippen molar-refractivity contribution in [3.8, 4) is 0 Å². The monoisotopic (exact) mass is 693 g/mol. The van der Waals surface area contributed by atoms with E-state index in [1.54, 1.807) is 6.08 Å². The zero-order valence-electron chi connectivity index (χ0n) is 27.9. The molecule has 1 amide bonds. The maximum absolute atomic E-state index is 12.7. The molecule has 8 atom stereocenters. The van der Waals surface area contributed by atoms with Gasteiger partial charge in [0.2, 0.25) is 5.91 Å². The Morgan fingerprint density at radius 3 is 1.89 bits per heavy atom. The fraction of sp³-hybridized carbons (Fsp3) is 0.788. The van der Waals surface area contributed by atoms with E-state index in [-0.39, 0.29) is 6.42 Å². The number of aliphatic hydroxyl groups is 7. The number of allylic oxidation sites excluding steroid dienone is 5. The second-order valence-electron chi connectivity index (χ2n) is 12.2. The molecule has 274 valence electrons. The van der Waals surface area contributed by atoms with Crippen molar-refractivity contribution >= 4 is 13.7 Å². The summed E-state index contributed by atoms with van der Waals surface area (Å²) in [4.78, 5) is 23.0. The van der Waals surface area contributed by atoms with E-state index in [0.717, 1.165) is 51.4 Å². The molecule has 0 spiro atoms. The maximum Gasteiger partial charge on any atom is 0.472 e. The third-order valence-corrected chi connectivity index (χ3v) is 8.98. The zero-order chi connectivity index (χ0) is 35.2. The summed E-state index contributed by atoms with van der Waals surface area (Å²) in [5.74, 6) is -0.618. The summed E-state index contributed by atoms with van der Waals surface area (Å²) in [7, 11) is -5.11. The number of carbonyl (C=O) groups is 1. The number of nitrogens with one attached hydrogen (secondary N) is 1. The summed E-state index contributed by atoms with van der Waals surface area (Å²) in [6.45, 7) is 3.44. The lowest BCUT2D eigenvalue weighted by Crippen LogP contribution is -2.64. The molecule has 8 unspecified atom stereocenters. The quantitative estimate of drug-likeness (QED) is 0.0291. The van der Waals surface area contributed by atoms with E-state index < -0.39 is 75.2 Å². The summed E-state index contributed by atoms with van der Waals surface area (Å²) in [5, 5.41) is 73.3. The van der Waals surface area contributed by atoms with Crippen LogP contribution in [-0.4, -0.2) is 108 Å². The number of aliphatic hydroxyl groups excluding tert-OH is 7. The topological polar surface area (TPSA) is 226 Å². The highest BCUT2D eigenvalue weighted by Gasteiger charge is 2.51. The van der Waals surface area contributed by atoms with Gasteiger partial charge in [-0.3, -0.25) is 13.8 Å². The number of amides is 1. The first kappa shape index (κ1) is 43.5. The first-order valence-electron chi connectivity index (χ1n) is 17.0. The normalized spacial score (nSPS) is 26.9. The summed E-state index contributed by atoms with van der Waals surface area (Å²) >= 11 is 0. The molecule has 0 bridgehead atoms. The molecular formula is C33H60NO12P. The fourth-order valence-corrected chi connectivity index (χ4v) is 6.00. The zero-order valence-corrected chi connectivity index (χ0v) is 28.8. The average Bonchev–Trinajstić information content (AvgIpc) is 3.03. The van der Waals surface area contributed by atoms with Crippen molar-refractivity contribution in [1.82, 2.24) is 5.32 Å². The number of phosphoric acid groups is 1. The number of phosphoric ester groups is 1. The van der Waals surface area contributed by atoms with Crippen LogP contribution in [0, 0.1) is 0 Å². The molecule has 9 N–H and O–H groups in total. The van der Waals surface area contributed by atoms with Gasteiger partial charge in [-0.2, -0.15) is 0 Å². The Morgan fingerprint density at radius 2 is 1.30 bits per heavy atom. The molecule has 1 fully saturated rings. The Labute approximate surface area is 279 Å². The van der Waals surface area contributed by atoms with E-state index >= 15 is 0 Å². The minimum absolute atomic E-state index is 0.262. The van der Waals surface area contributed by atoms with E-state index in [1.807, 2.05) is 6.92 Å². The van der Waals surface area contributed by atoms with Crippen molar-refractivity contribution in [1.29, 1.82) is 0 Å². The Kier molecular flexibility index (Phi) is 22.8. The predicted octanol–water partition coefficient (Wildman–Crippen LogP) is 2.68. The summed E-state index contributed by atoms with van der Waals surface area (Å²) in [6.07, 6.45) is 9.34. The van der Waals surface area contributed by atoms with Gasteiger partial charge in [0.25, 0.3) is 0 Å². The van der Waals surface area contributed by atoms with Gasteiger partial charge in [-0.25, -0.2) is 4.57 Å². The molecule has 13 nitrogen and oxygen atoms in total. The van der Waals surface area contributed by atoms with Gasteiger partial charge in [-0.15, -0.1) is 0 Å². The second-order valence-corrected chi connectivity index (χ2v) is 13.6. The lowest BCUT2D eigenvalue weighted by Gasteiger charge is -2.41. The van der Waals surface area contributed by atoms with Crippen LogP contribution in [0.2, 0.25) is 0 Å². The van der Waals surface area contributed by atoms with Crippen LogP contribution >= 0.6 is 7.82 Å². The van der Waals surface area contributed by atoms with Crippen molar-refractivity contribution in [3.05, 3.63) is 36.5 Å². The molecule has 47 heavy (non-hydrogen) atoms. The molecule has 0 heterocycles. The van der Waals surface area contributed by atoms with Crippen LogP contribution in [0.4, 0.5) is 0 Å². The van der Waals surface area contributed by atoms with Gasteiger partial charge in [-0.05, 0) is 38.5 Å². The third-order valence-electron chi connectivity index (χ3n) is 8.00. The van der Waals surface area contributed by atoms with Gasteiger partial charge >= 0.3 is 7.82 Å². The van der Waals surface area contributed by atoms with Crippen LogP contribution in [0.25, 0.3) is 0 Å². The predicted molar refractivity (Wildman–Crippen MR) is 178 cm³/mol. The molecule has 0 saturated heterocycles. The van der Waals surface area contributed by atoms with Gasteiger partial charge in [0.15, 0.2) is 0 Å². The van der Waals surface area contributed by atoms with Crippen molar-refractivity contribution in [2.75, 3.05) is 6.61 Å². The minimum Gasteiger partial charge on any atom is -0.393 e. The molecule has 1 saturated carbocycles. The van der Waals surface area contributed by atoms with E-state index in [1.165, 1.54) is 25.3 Å². The van der Waals surface area contributed by atoms with Gasteiger partial charge < -0.3 is 46.0 Å². The van der Waals surface area contributed by atoms with E-state index in [2.05, 4.69) is 36.5 Å². The van der Waals surface area contributed by atoms with E-state index in [4.69, 9.17) is 9.05 Å². The first-order valence-corrected chi connectivity index (χ1v) is 18.5. The van der Waals surface area contributed by atoms with Crippen molar-refractivity contribution in [3.63, 3.8) is 0 Å². The van der Waals surface area contributed by atoms with Gasteiger partial charge in [0.05, 0.1) is 31.3 Å². The lowest BCUT2D eigenvalue weighted by atomic mass is 9.85. The van der Waals surface area contributed by atoms with Gasteiger partial charge in [-0.1, -0.05) is 95.2 Å². The molecule has 1 rings (SSSR count). The standard InChI is InChI=1S/C33H60NO12P/c1-3-5-7-9-10-11-12-13-14-15-16-17-18-20-24(35)22-27(37)34-25(26(36)21-19-8-6-4-2)23-45-47(43,44)46-33-31(41)29(39)28(38)30(40)32(33)42/h10-13,19,21,24-26,28-33,35-36,38-42H,3-9,14-18,20,22-23H2,1-2H3,(H,34,37)(H,43,44)/b11-10-,13-12-,21-19+. The third kappa shape index (κ3) is 18.2. The van der Waals surface area contributed by atoms with Gasteiger partial charge in [0, 0.05) is 0 Å². The number of carbonyl (C=O) groups excluding carboxylic acids is 1. The highest BCUT2D eigenvalue weighted by molar-refractivity contribution is 7.47. The van der Waals surface area contributed by atoms with Crippen LogP contribution < -0.4 is 5.32 Å². The van der Waals surface area contributed by atoms with Crippen molar-refractivity contribution in [2.24, 2.45) is 0 Å². The van der Waals surface area contributed by atoms with Crippen LogP contribution in [-0.2, 0) is 18.4 Å². The Balaban J connectivity index is 2.59. The van der Waals surface area contributed by atoms with Gasteiger partial charge in [0.1, 0.15) is 36.6 Å². The maximum atomic E-state index is 12.7. The summed E-state index contributed by atoms with van der Waals surface area (Å²) in [5.41, 5.74) is 0. The molecule has 1 aliphatic carbocycles.